The second kappa shape index (κ2) is 22.5. The van der Waals surface area contributed by atoms with Gasteiger partial charge < -0.3 is 13.8 Å². The molecule has 0 N–H and O–H groups in total. The molecule has 14 aromatic rings. The van der Waals surface area contributed by atoms with Crippen LogP contribution in [0.2, 0.25) is 0 Å². The summed E-state index contributed by atoms with van der Waals surface area (Å²) >= 11 is 0. The van der Waals surface area contributed by atoms with Gasteiger partial charge in [0.25, 0.3) is 11.1 Å². The van der Waals surface area contributed by atoms with Crippen LogP contribution in [0.3, 0.4) is 0 Å². The molecule has 0 radical (unpaired) electrons. The van der Waals surface area contributed by atoms with E-state index in [0.717, 1.165) is 122 Å². The smallest absolute Gasteiger partial charge is 0.345 e. The van der Waals surface area contributed by atoms with Crippen molar-refractivity contribution in [1.82, 2.24) is 23.8 Å². The zero-order valence-corrected chi connectivity index (χ0v) is 51.4. The number of pyridine rings is 3. The number of rotatable bonds is 9. The summed E-state index contributed by atoms with van der Waals surface area (Å²) in [6, 6.07) is 89.0. The first-order valence-electron chi connectivity index (χ1n) is 29.0. The zero-order valence-electron chi connectivity index (χ0n) is 49.0. The average Bonchev–Trinajstić information content (AvgIpc) is 0.960. The normalized spacial score (nSPS) is 11.8. The van der Waals surface area contributed by atoms with Crippen LogP contribution in [-0.2, 0) is 30.9 Å². The number of benzene rings is 9. The van der Waals surface area contributed by atoms with Crippen molar-refractivity contribution in [2.75, 3.05) is 0 Å². The van der Waals surface area contributed by atoms with Gasteiger partial charge in [-0.15, -0.1) is 87.8 Å². The van der Waals surface area contributed by atoms with Crippen LogP contribution in [0.4, 0.5) is 0 Å². The van der Waals surface area contributed by atoms with E-state index in [1.165, 1.54) is 11.1 Å². The molecule has 0 bridgehead atoms. The van der Waals surface area contributed by atoms with E-state index in [0.29, 0.717) is 11.3 Å². The summed E-state index contributed by atoms with van der Waals surface area (Å²) < 4.78 is 4.04. The van der Waals surface area contributed by atoms with E-state index in [9.17, 15) is 9.59 Å². The molecular formula is C79H58IrN5O2. The summed E-state index contributed by atoms with van der Waals surface area (Å²) in [6.45, 7) is 12.6. The van der Waals surface area contributed by atoms with E-state index in [1.54, 1.807) is 12.1 Å². The van der Waals surface area contributed by atoms with Gasteiger partial charge in [-0.25, -0.2) is 9.97 Å². The molecule has 5 aromatic heterocycles. The summed E-state index contributed by atoms with van der Waals surface area (Å²) in [4.78, 5) is 40.0. The Kier molecular flexibility index (Phi) is 14.5. The van der Waals surface area contributed by atoms with Gasteiger partial charge >= 0.3 is 20.1 Å². The zero-order chi connectivity index (χ0) is 58.8. The van der Waals surface area contributed by atoms with Gasteiger partial charge in [0.15, 0.2) is 0 Å². The standard InChI is InChI=1S/C79H58N5O2.Ir/c1-78(2,3)72-48-74(85)81-76-69-34-32-56(42-58(69)37-40-83(72)76)64-19-11-14-22-67(64)61-44-60(45-62(46-61)68-23-15-12-20-65(68)57-33-35-70-59(43-57)38-41-84-73(79(4,5)6)49-75(86)82-77(70)84)66-21-13-10-18-63(66)53-28-30-54(31-29-53)71-47-55(36-39-80-71)52-26-24-51(25-27-52)50-16-8-7-9-17-50;/h7-30,32-33,36-49H,1-6H3;/q-3;+3. The Bertz CT molecular complexity index is 4900. The van der Waals surface area contributed by atoms with Gasteiger partial charge in [-0.3, -0.25) is 9.59 Å². The van der Waals surface area contributed by atoms with Crippen molar-refractivity contribution in [1.29, 1.82) is 0 Å². The first-order chi connectivity index (χ1) is 41.7. The van der Waals surface area contributed by atoms with Crippen LogP contribution < -0.4 is 11.1 Å². The molecule has 0 atom stereocenters. The predicted octanol–water partition coefficient (Wildman–Crippen LogP) is 18.4. The van der Waals surface area contributed by atoms with Crippen molar-refractivity contribution in [2.45, 2.75) is 52.4 Å². The maximum Gasteiger partial charge on any atom is 3.00 e. The van der Waals surface area contributed by atoms with Crippen LogP contribution >= 0.6 is 0 Å². The van der Waals surface area contributed by atoms with Gasteiger partial charge in [0, 0.05) is 40.5 Å². The Morgan fingerprint density at radius 1 is 0.356 bits per heavy atom. The molecule has 0 aliphatic heterocycles. The van der Waals surface area contributed by atoms with Crippen molar-refractivity contribution < 1.29 is 20.1 Å². The molecule has 9 aromatic carbocycles. The second-order valence-corrected chi connectivity index (χ2v) is 24.2. The van der Waals surface area contributed by atoms with Crippen LogP contribution in [0, 0.1) is 18.2 Å². The van der Waals surface area contributed by atoms with Crippen LogP contribution in [0.1, 0.15) is 52.9 Å². The minimum Gasteiger partial charge on any atom is -0.345 e. The molecule has 0 spiro atoms. The Labute approximate surface area is 519 Å². The summed E-state index contributed by atoms with van der Waals surface area (Å²) in [6.07, 6.45) is 5.91. The Morgan fingerprint density at radius 3 is 1.18 bits per heavy atom. The molecule has 5 heterocycles. The maximum absolute atomic E-state index is 13.1. The van der Waals surface area contributed by atoms with Crippen LogP contribution in [-0.4, -0.2) is 23.8 Å². The quantitative estimate of drug-likeness (QED) is 0.106. The molecule has 8 heteroatoms. The largest absolute Gasteiger partial charge is 3.00 e. The van der Waals surface area contributed by atoms with Crippen molar-refractivity contribution >= 4 is 32.8 Å². The first kappa shape index (κ1) is 56.2. The van der Waals surface area contributed by atoms with Gasteiger partial charge in [0.2, 0.25) is 0 Å². The van der Waals surface area contributed by atoms with Crippen molar-refractivity contribution in [2.24, 2.45) is 0 Å². The Balaban J connectivity index is 0.00000700. The van der Waals surface area contributed by atoms with E-state index >= 15 is 0 Å². The maximum atomic E-state index is 13.1. The van der Waals surface area contributed by atoms with E-state index in [4.69, 9.17) is 4.98 Å². The number of aromatic nitrogens is 5. The minimum atomic E-state index is -0.279. The SMILES string of the molecule is CC(C)(C)c1cc(=O)nc2c3[c-]cc(-c4ccccc4-c4cc(-c5ccccc5-c5c[c-]c(-c6cc(-c7ccc(-c8ccccc8)cc7)ccn6)cc5)cc(-c5ccccc5-c5c[c-]c6c(ccn7c(C(C)(C)C)cc(=O)nc67)c5)c4)cc3ccn12.[Ir+3]. The minimum absolute atomic E-state index is 0. The molecule has 7 nitrogen and oxygen atoms in total. The third-order valence-electron chi connectivity index (χ3n) is 16.4. The van der Waals surface area contributed by atoms with Crippen LogP contribution in [0.25, 0.3) is 133 Å². The summed E-state index contributed by atoms with van der Waals surface area (Å²) in [5.41, 5.74) is 20.6. The molecule has 0 fully saturated rings. The number of fused-ring (bicyclic) bond motifs is 6. The van der Waals surface area contributed by atoms with E-state index < -0.39 is 0 Å². The molecule has 0 aliphatic carbocycles. The molecule has 420 valence electrons. The predicted molar refractivity (Wildman–Crippen MR) is 352 cm³/mol. The van der Waals surface area contributed by atoms with Crippen molar-refractivity contribution in [3.8, 4) is 100 Å². The fraction of sp³-hybridized carbons (Fsp3) is 0.101. The monoisotopic (exact) mass is 1300 g/mol. The van der Waals surface area contributed by atoms with Crippen LogP contribution in [0.15, 0.2) is 253 Å². The summed E-state index contributed by atoms with van der Waals surface area (Å²) in [5, 5.41) is 3.44. The summed E-state index contributed by atoms with van der Waals surface area (Å²) in [5.74, 6) is 0. The third kappa shape index (κ3) is 10.7. The molecule has 0 unspecified atom stereocenters. The molecule has 87 heavy (non-hydrogen) atoms. The summed E-state index contributed by atoms with van der Waals surface area (Å²) in [7, 11) is 0. The van der Waals surface area contributed by atoms with Gasteiger partial charge in [-0.05, 0) is 98.0 Å². The molecule has 0 aliphatic rings. The van der Waals surface area contributed by atoms with Gasteiger partial charge in [0.05, 0.1) is 11.3 Å². The number of hydrogen-bond donors (Lipinski definition) is 0. The second-order valence-electron chi connectivity index (χ2n) is 24.2. The van der Waals surface area contributed by atoms with E-state index in [2.05, 4.69) is 264 Å². The molecule has 0 saturated carbocycles. The van der Waals surface area contributed by atoms with E-state index in [-0.39, 0.29) is 42.1 Å². The molecule has 0 saturated heterocycles. The topological polar surface area (TPSA) is 81.6 Å². The Morgan fingerprint density at radius 2 is 0.747 bits per heavy atom. The number of hydrogen-bond acceptors (Lipinski definition) is 5. The molecule has 0 amide bonds. The number of nitrogens with zero attached hydrogens (tertiary/aromatic N) is 5. The van der Waals surface area contributed by atoms with Gasteiger partial charge in [-0.2, -0.15) is 0 Å². The Hall–Kier alpha value is -9.98. The molecule has 14 rings (SSSR count). The van der Waals surface area contributed by atoms with Gasteiger partial charge in [-0.1, -0.05) is 221 Å². The first-order valence-corrected chi connectivity index (χ1v) is 29.0. The van der Waals surface area contributed by atoms with Crippen LogP contribution in [0.5, 0.6) is 0 Å². The fourth-order valence-electron chi connectivity index (χ4n) is 12.1. The van der Waals surface area contributed by atoms with Crippen molar-refractivity contribution in [3.05, 3.63) is 293 Å². The average molecular weight is 1300 g/mol. The molecular weight excluding hydrogens is 1240 g/mol. The fourth-order valence-corrected chi connectivity index (χ4v) is 12.1. The van der Waals surface area contributed by atoms with E-state index in [1.807, 2.05) is 45.6 Å². The van der Waals surface area contributed by atoms with Gasteiger partial charge in [0.1, 0.15) is 0 Å². The third-order valence-corrected chi connectivity index (χ3v) is 16.4. The van der Waals surface area contributed by atoms with Crippen molar-refractivity contribution in [3.63, 3.8) is 0 Å².